The second-order valence-electron chi connectivity index (χ2n) is 35.3. The van der Waals surface area contributed by atoms with E-state index < -0.39 is 55.6 Å². The number of anilines is 4. The van der Waals surface area contributed by atoms with Crippen molar-refractivity contribution < 1.29 is 47.8 Å². The number of esters is 4. The minimum absolute atomic E-state index is 0.0138. The Kier molecular flexibility index (Phi) is 34.8. The van der Waals surface area contributed by atoms with E-state index in [0.717, 1.165) is 152 Å². The number of nitrogens with zero attached hydrogens (tertiary/aromatic N) is 4. The zero-order valence-electron chi connectivity index (χ0n) is 78.3. The number of amides is 2. The fourth-order valence-electron chi connectivity index (χ4n) is 18.1. The van der Waals surface area contributed by atoms with Crippen LogP contribution in [0.25, 0.3) is 33.4 Å². The van der Waals surface area contributed by atoms with Crippen molar-refractivity contribution in [1.82, 2.24) is 10.6 Å². The number of nitrogens with two attached hydrogens (primary N) is 2. The average Bonchev–Trinajstić information content (AvgIpc) is 0.755. The van der Waals surface area contributed by atoms with Crippen LogP contribution >= 0.6 is 31.7 Å². The maximum atomic E-state index is 13.6. The van der Waals surface area contributed by atoms with Gasteiger partial charge in [0.05, 0.1) is 24.0 Å². The third kappa shape index (κ3) is 26.9. The monoisotopic (exact) mass is 1920 g/mol. The van der Waals surface area contributed by atoms with Crippen molar-refractivity contribution >= 4 is 124 Å². The Labute approximate surface area is 820 Å². The van der Waals surface area contributed by atoms with Crippen LogP contribution in [0.3, 0.4) is 0 Å². The van der Waals surface area contributed by atoms with E-state index >= 15 is 0 Å². The molecule has 16 rings (SSSR count). The molecule has 22 heteroatoms. The van der Waals surface area contributed by atoms with Gasteiger partial charge in [-0.1, -0.05) is 279 Å². The van der Waals surface area contributed by atoms with Gasteiger partial charge < -0.3 is 51.2 Å². The second kappa shape index (κ2) is 49.2. The number of ether oxygens (including phenoxy) is 2. The molecular formula is C117H116N8O10P4. The normalized spacial score (nSPS) is 15.0. The van der Waals surface area contributed by atoms with Crippen molar-refractivity contribution in [3.63, 3.8) is 0 Å². The molecule has 0 aromatic heterocycles. The lowest BCUT2D eigenvalue weighted by Crippen LogP contribution is -2.38. The first kappa shape index (κ1) is 98.5. The number of nitrogens with one attached hydrogen (secondary N) is 2. The molecule has 4 unspecified atom stereocenters. The predicted octanol–water partition coefficient (Wildman–Crippen LogP) is 20.4. The van der Waals surface area contributed by atoms with Gasteiger partial charge in [0, 0.05) is 110 Å². The Morgan fingerprint density at radius 3 is 0.928 bits per heavy atom. The van der Waals surface area contributed by atoms with Crippen LogP contribution in [-0.2, 0) is 80.0 Å². The summed E-state index contributed by atoms with van der Waals surface area (Å²) in [5.74, 6) is -2.92. The van der Waals surface area contributed by atoms with Gasteiger partial charge >= 0.3 is 23.9 Å². The maximum Gasteiger partial charge on any atom is 0.346 e. The average molecular weight is 1920 g/mol. The minimum atomic E-state index is -0.833. The molecule has 2 amide bonds. The summed E-state index contributed by atoms with van der Waals surface area (Å²) in [5, 5.41) is 11.7. The molecule has 139 heavy (non-hydrogen) atoms. The van der Waals surface area contributed by atoms with Gasteiger partial charge in [-0.25, -0.2) is 9.59 Å². The van der Waals surface area contributed by atoms with Crippen LogP contribution in [0.1, 0.15) is 117 Å². The third-order valence-electron chi connectivity index (χ3n) is 25.6. The Morgan fingerprint density at radius 1 is 0.309 bits per heavy atom. The maximum absolute atomic E-state index is 13.6. The molecule has 18 nitrogen and oxygen atoms in total. The van der Waals surface area contributed by atoms with Crippen LogP contribution in [0.15, 0.2) is 346 Å². The highest BCUT2D eigenvalue weighted by Gasteiger charge is 2.32. The van der Waals surface area contributed by atoms with Gasteiger partial charge in [0.1, 0.15) is 0 Å². The molecule has 0 saturated carbocycles. The lowest BCUT2D eigenvalue weighted by Gasteiger charge is -2.41. The molecule has 14 aromatic rings. The Bertz CT molecular complexity index is 6430. The Balaban J connectivity index is 0.500. The first-order chi connectivity index (χ1) is 68.0. The number of benzene rings is 14. The molecule has 0 radical (unpaired) electrons. The van der Waals surface area contributed by atoms with Crippen molar-refractivity contribution in [2.24, 2.45) is 11.5 Å². The third-order valence-corrected chi connectivity index (χ3v) is 35.2. The number of hydrogen-bond donors (Lipinski definition) is 4. The zero-order chi connectivity index (χ0) is 96.2. The van der Waals surface area contributed by atoms with Gasteiger partial charge in [-0.15, -0.1) is 0 Å². The van der Waals surface area contributed by atoms with Crippen molar-refractivity contribution in [2.45, 2.75) is 84.0 Å². The smallest absolute Gasteiger partial charge is 0.346 e. The number of aldehydes is 2. The van der Waals surface area contributed by atoms with Crippen LogP contribution in [0.4, 0.5) is 22.7 Å². The van der Waals surface area contributed by atoms with E-state index in [1.54, 1.807) is 24.3 Å². The van der Waals surface area contributed by atoms with E-state index in [9.17, 15) is 38.4 Å². The topological polar surface area (TPSA) is 244 Å². The molecule has 0 bridgehead atoms. The largest absolute Gasteiger partial charge is 0.389 e. The standard InChI is InChI=1S/C117H116N8O10P4/c1-85-72-110(93-48-32-91(33-49-93)67-71-121-113(129)61-43-87-36-54-99(55-37-87)123-79-138(104-24-10-4-11-25-104)83-125(84-139(80-123)105-26-12-5-13-27-105)101-58-40-89(41-59-101)45-63-115(131)135-117(133)107-29-17-15-19-97(107)76-127)108(65-69-119)111(73-85)95-51-50-94(64-68-118)109(74-95)92-46-30-90(31-47-92)66-70-120-112(128)60-42-86-34-52-98(53-35-86)122-77-136(102-20-6-2-7-21-102)81-124(82-137(78-122)103-22-8-3-9-23-103)100-56-38-88(39-57-100)44-62-114(130)134-116(132)106-28-16-14-18-96(106)75-126/h2-41,46-59,72-76H,42-45,60-71,77-84,118-119H2,1H3,(H,120,128)(H,121,129). The fourth-order valence-corrected chi connectivity index (χ4v) is 28.1. The van der Waals surface area contributed by atoms with E-state index in [0.29, 0.717) is 96.5 Å². The van der Waals surface area contributed by atoms with Crippen LogP contribution in [-0.4, -0.2) is 125 Å². The van der Waals surface area contributed by atoms with Crippen molar-refractivity contribution in [3.05, 3.63) is 418 Å². The van der Waals surface area contributed by atoms with Gasteiger partial charge in [0.2, 0.25) is 11.8 Å². The second-order valence-corrected chi connectivity index (χ2v) is 43.9. The summed E-state index contributed by atoms with van der Waals surface area (Å²) < 4.78 is 10.3. The Hall–Kier alpha value is -13.5. The zero-order valence-corrected chi connectivity index (χ0v) is 81.9. The van der Waals surface area contributed by atoms with E-state index in [1.165, 1.54) is 56.6 Å². The summed E-state index contributed by atoms with van der Waals surface area (Å²) in [4.78, 5) is 112. The van der Waals surface area contributed by atoms with Gasteiger partial charge in [-0.3, -0.25) is 28.8 Å². The summed E-state index contributed by atoms with van der Waals surface area (Å²) in [5.41, 5.74) is 34.4. The molecule has 0 aliphatic carbocycles. The van der Waals surface area contributed by atoms with Crippen molar-refractivity contribution in [1.29, 1.82) is 0 Å². The highest BCUT2D eigenvalue weighted by molar-refractivity contribution is 7.68. The van der Waals surface area contributed by atoms with Crippen molar-refractivity contribution in [3.8, 4) is 33.4 Å². The van der Waals surface area contributed by atoms with E-state index in [1.807, 2.05) is 0 Å². The van der Waals surface area contributed by atoms with E-state index in [-0.39, 0.29) is 46.9 Å². The highest BCUT2D eigenvalue weighted by atomic mass is 31.1. The van der Waals surface area contributed by atoms with Crippen molar-refractivity contribution in [2.75, 3.05) is 96.1 Å². The lowest BCUT2D eigenvalue weighted by atomic mass is 9.86. The van der Waals surface area contributed by atoms with Gasteiger partial charge in [0.15, 0.2) is 12.6 Å². The van der Waals surface area contributed by atoms with E-state index in [2.05, 4.69) is 334 Å². The molecule has 0 spiro atoms. The molecule has 704 valence electrons. The highest BCUT2D eigenvalue weighted by Crippen LogP contribution is 2.51. The number of aryl methyl sites for hydroxylation is 5. The van der Waals surface area contributed by atoms with Crippen LogP contribution in [0.2, 0.25) is 0 Å². The molecule has 2 aliphatic rings. The first-order valence-electron chi connectivity index (χ1n) is 47.6. The van der Waals surface area contributed by atoms with Crippen LogP contribution < -0.4 is 62.9 Å². The predicted molar refractivity (Wildman–Crippen MR) is 571 cm³/mol. The first-order valence-corrected chi connectivity index (χ1v) is 54.4. The fraction of sp³-hybridized carbons (Fsp3) is 0.214. The SMILES string of the molecule is Cc1cc(-c2ccc(CCNC(=O)CCc3ccc(N4CP(c5ccccc5)CN(c5ccc(CCC(=O)OC(=O)c6ccccc6C=O)cc5)CP(c5ccccc5)C4)cc3)cc2)c(CCN)c(-c2ccc(CCN)c(-c3ccc(CCNC(=O)CCc4ccc(N5CP(c6ccccc6)CN(c6ccc(CCC(=O)OC(=O)c7ccccc7C=O)cc6)CP(c6ccccc6)C5)cc4)cc3)c2)c1. The lowest BCUT2D eigenvalue weighted by molar-refractivity contribution is -0.139. The van der Waals surface area contributed by atoms with Gasteiger partial charge in [0.25, 0.3) is 0 Å². The Morgan fingerprint density at radius 2 is 0.597 bits per heavy atom. The number of carbonyl (C=O) groups is 8. The summed E-state index contributed by atoms with van der Waals surface area (Å²) >= 11 is 0. The van der Waals surface area contributed by atoms with Crippen LogP contribution in [0, 0.1) is 6.92 Å². The molecular weight excluding hydrogens is 1800 g/mol. The summed E-state index contributed by atoms with van der Waals surface area (Å²) in [6, 6.07) is 119. The molecule has 2 heterocycles. The molecule has 4 atom stereocenters. The van der Waals surface area contributed by atoms with E-state index in [4.69, 9.17) is 20.9 Å². The van der Waals surface area contributed by atoms with Gasteiger partial charge in [-0.2, -0.15) is 0 Å². The summed E-state index contributed by atoms with van der Waals surface area (Å²) in [6.45, 7) is 4.19. The summed E-state index contributed by atoms with van der Waals surface area (Å²) in [7, 11) is -2.83. The number of rotatable bonds is 37. The molecule has 14 aromatic carbocycles. The molecule has 6 N–H and O–H groups in total. The number of hydrogen-bond acceptors (Lipinski definition) is 16. The molecule has 2 fully saturated rings. The number of carbonyl (C=O) groups excluding carboxylic acids is 8. The quantitative estimate of drug-likeness (QED) is 0.0122. The van der Waals surface area contributed by atoms with Crippen LogP contribution in [0.5, 0.6) is 0 Å². The molecule has 2 saturated heterocycles. The van der Waals surface area contributed by atoms with Gasteiger partial charge in [-0.05, 0) is 274 Å². The molecule has 2 aliphatic heterocycles. The summed E-state index contributed by atoms with van der Waals surface area (Å²) in [6.07, 6.45) is 13.6. The minimum Gasteiger partial charge on any atom is -0.389 e.